The maximum Gasteiger partial charge on any atom is 0.194 e. The first-order valence-electron chi connectivity index (χ1n) is 2.29. The van der Waals surface area contributed by atoms with Gasteiger partial charge in [0.1, 0.15) is 0 Å². The molecule has 0 saturated heterocycles. The molecule has 8 heavy (non-hydrogen) atoms. The average Bonchev–Trinajstić information content (AvgIpc) is 1.68. The fourth-order valence-electron chi connectivity index (χ4n) is 0.272. The summed E-state index contributed by atoms with van der Waals surface area (Å²) in [5.41, 5.74) is 5.11. The van der Waals surface area contributed by atoms with Crippen molar-refractivity contribution in [3.8, 4) is 6.07 Å². The van der Waals surface area contributed by atoms with Crippen molar-refractivity contribution < 1.29 is 4.74 Å². The number of hydrogen-bond donors (Lipinski definition) is 1. The quantitative estimate of drug-likeness (QED) is 0.414. The van der Waals surface area contributed by atoms with Gasteiger partial charge in [-0.1, -0.05) is 0 Å². The summed E-state index contributed by atoms with van der Waals surface area (Å²) in [5, 5.41) is 7.98. The fourth-order valence-corrected chi connectivity index (χ4v) is 0.272. The van der Waals surface area contributed by atoms with Crippen LogP contribution in [0.25, 0.3) is 0 Å². The Balaban J connectivity index is 3.49. The van der Waals surface area contributed by atoms with Gasteiger partial charge in [0.05, 0.1) is 18.8 Å². The average molecular weight is 112 g/mol. The van der Waals surface area contributed by atoms with Gasteiger partial charge in [0, 0.05) is 0 Å². The summed E-state index contributed by atoms with van der Waals surface area (Å²) in [6, 6.07) is 1.74. The SMILES string of the molecule is CCO/C(N)=C\C#N. The minimum absolute atomic E-state index is 0.176. The van der Waals surface area contributed by atoms with Gasteiger partial charge in [0.2, 0.25) is 0 Å². The van der Waals surface area contributed by atoms with Gasteiger partial charge in [-0.15, -0.1) is 0 Å². The van der Waals surface area contributed by atoms with Gasteiger partial charge in [-0.05, 0) is 6.92 Å². The minimum Gasteiger partial charge on any atom is -0.479 e. The lowest BCUT2D eigenvalue weighted by atomic mass is 10.6. The molecule has 44 valence electrons. The van der Waals surface area contributed by atoms with E-state index < -0.39 is 0 Å². The third-order valence-corrected chi connectivity index (χ3v) is 0.518. The van der Waals surface area contributed by atoms with Crippen LogP contribution in [0.2, 0.25) is 0 Å². The molecule has 0 bridgehead atoms. The molecule has 3 heteroatoms. The molecule has 0 rings (SSSR count). The molecule has 0 aliphatic heterocycles. The molecular weight excluding hydrogens is 104 g/mol. The van der Waals surface area contributed by atoms with Crippen molar-refractivity contribution in [2.24, 2.45) is 5.73 Å². The highest BCUT2D eigenvalue weighted by atomic mass is 16.5. The van der Waals surface area contributed by atoms with E-state index in [1.54, 1.807) is 13.0 Å². The number of nitriles is 1. The molecule has 0 aliphatic carbocycles. The highest BCUT2D eigenvalue weighted by Crippen LogP contribution is 1.82. The number of nitrogens with two attached hydrogens (primary N) is 1. The lowest BCUT2D eigenvalue weighted by Crippen LogP contribution is -2.01. The largest absolute Gasteiger partial charge is 0.479 e. The summed E-state index contributed by atoms with van der Waals surface area (Å²) < 4.78 is 4.70. The molecule has 2 N–H and O–H groups in total. The Kier molecular flexibility index (Phi) is 3.42. The van der Waals surface area contributed by atoms with E-state index in [0.717, 1.165) is 6.08 Å². The van der Waals surface area contributed by atoms with Crippen molar-refractivity contribution >= 4 is 0 Å². The van der Waals surface area contributed by atoms with Gasteiger partial charge in [-0.2, -0.15) is 5.26 Å². The van der Waals surface area contributed by atoms with Crippen LogP contribution in [-0.2, 0) is 4.74 Å². The van der Waals surface area contributed by atoms with E-state index in [1.165, 1.54) is 0 Å². The highest BCUT2D eigenvalue weighted by Gasteiger charge is 1.81. The van der Waals surface area contributed by atoms with Crippen LogP contribution in [0.3, 0.4) is 0 Å². The zero-order chi connectivity index (χ0) is 6.41. The van der Waals surface area contributed by atoms with E-state index in [9.17, 15) is 0 Å². The Morgan fingerprint density at radius 2 is 2.62 bits per heavy atom. The van der Waals surface area contributed by atoms with Crippen molar-refractivity contribution in [2.75, 3.05) is 6.61 Å². The smallest absolute Gasteiger partial charge is 0.194 e. The summed E-state index contributed by atoms with van der Waals surface area (Å²) in [6.45, 7) is 2.31. The molecule has 0 saturated carbocycles. The zero-order valence-corrected chi connectivity index (χ0v) is 4.72. The lowest BCUT2D eigenvalue weighted by Gasteiger charge is -1.96. The Morgan fingerprint density at radius 3 is 3.00 bits per heavy atom. The van der Waals surface area contributed by atoms with Gasteiger partial charge < -0.3 is 10.5 Å². The fraction of sp³-hybridized carbons (Fsp3) is 0.400. The van der Waals surface area contributed by atoms with Crippen LogP contribution in [-0.4, -0.2) is 6.61 Å². The Labute approximate surface area is 48.4 Å². The van der Waals surface area contributed by atoms with E-state index in [4.69, 9.17) is 15.7 Å². The molecular formula is C5H8N2O. The van der Waals surface area contributed by atoms with Crippen LogP contribution in [0.15, 0.2) is 12.0 Å². The molecule has 0 fully saturated rings. The number of ether oxygens (including phenoxy) is 1. The van der Waals surface area contributed by atoms with Gasteiger partial charge in [0.25, 0.3) is 0 Å². The van der Waals surface area contributed by atoms with Crippen LogP contribution in [0.1, 0.15) is 6.92 Å². The standard InChI is InChI=1S/C5H8N2O/c1-2-8-5(7)3-4-6/h3H,2,7H2,1H3/b5-3-. The summed E-state index contributed by atoms with van der Waals surface area (Å²) in [5.74, 6) is 0.176. The molecule has 0 aliphatic rings. The minimum atomic E-state index is 0.176. The Bertz CT molecular complexity index is 123. The first kappa shape index (κ1) is 6.83. The molecule has 0 heterocycles. The summed E-state index contributed by atoms with van der Waals surface area (Å²) in [4.78, 5) is 0. The third kappa shape index (κ3) is 3.04. The van der Waals surface area contributed by atoms with E-state index in [2.05, 4.69) is 0 Å². The molecule has 0 unspecified atom stereocenters. The van der Waals surface area contributed by atoms with Crippen LogP contribution < -0.4 is 5.73 Å². The molecule has 0 aromatic rings. The summed E-state index contributed by atoms with van der Waals surface area (Å²) in [7, 11) is 0. The van der Waals surface area contributed by atoms with Crippen molar-refractivity contribution in [3.63, 3.8) is 0 Å². The topological polar surface area (TPSA) is 59.0 Å². The van der Waals surface area contributed by atoms with Gasteiger partial charge in [-0.3, -0.25) is 0 Å². The Hall–Kier alpha value is -1.17. The molecule has 0 spiro atoms. The molecule has 0 aromatic carbocycles. The molecule has 0 amide bonds. The lowest BCUT2D eigenvalue weighted by molar-refractivity contribution is 0.226. The molecule has 0 radical (unpaired) electrons. The summed E-state index contributed by atoms with van der Waals surface area (Å²) in [6.07, 6.45) is 1.16. The number of rotatable bonds is 2. The van der Waals surface area contributed by atoms with Crippen LogP contribution in [0, 0.1) is 11.3 Å². The van der Waals surface area contributed by atoms with Crippen LogP contribution >= 0.6 is 0 Å². The molecule has 0 atom stereocenters. The molecule has 3 nitrogen and oxygen atoms in total. The second-order valence-electron chi connectivity index (χ2n) is 1.11. The van der Waals surface area contributed by atoms with Crippen LogP contribution in [0.5, 0.6) is 0 Å². The van der Waals surface area contributed by atoms with E-state index in [1.807, 2.05) is 0 Å². The van der Waals surface area contributed by atoms with Crippen molar-refractivity contribution in [1.82, 2.24) is 0 Å². The second-order valence-corrected chi connectivity index (χ2v) is 1.11. The number of allylic oxidation sites excluding steroid dienone is 1. The number of nitrogens with zero attached hydrogens (tertiary/aromatic N) is 1. The predicted octanol–water partition coefficient (Wildman–Crippen LogP) is 0.347. The van der Waals surface area contributed by atoms with Gasteiger partial charge in [-0.25, -0.2) is 0 Å². The van der Waals surface area contributed by atoms with Gasteiger partial charge >= 0.3 is 0 Å². The Morgan fingerprint density at radius 1 is 2.00 bits per heavy atom. The molecule has 0 aromatic heterocycles. The maximum atomic E-state index is 7.98. The second kappa shape index (κ2) is 4.00. The predicted molar refractivity (Wildman–Crippen MR) is 29.5 cm³/mol. The first-order valence-corrected chi connectivity index (χ1v) is 2.29. The van der Waals surface area contributed by atoms with Crippen molar-refractivity contribution in [1.29, 1.82) is 5.26 Å². The van der Waals surface area contributed by atoms with E-state index in [-0.39, 0.29) is 5.88 Å². The third-order valence-electron chi connectivity index (χ3n) is 0.518. The van der Waals surface area contributed by atoms with Gasteiger partial charge in [0.15, 0.2) is 5.88 Å². The van der Waals surface area contributed by atoms with Crippen LogP contribution in [0.4, 0.5) is 0 Å². The first-order chi connectivity index (χ1) is 3.81. The van der Waals surface area contributed by atoms with E-state index in [0.29, 0.717) is 6.61 Å². The van der Waals surface area contributed by atoms with Crippen molar-refractivity contribution in [3.05, 3.63) is 12.0 Å². The van der Waals surface area contributed by atoms with E-state index >= 15 is 0 Å². The highest BCUT2D eigenvalue weighted by molar-refractivity contribution is 5.04. The zero-order valence-electron chi connectivity index (χ0n) is 4.72. The number of hydrogen-bond acceptors (Lipinski definition) is 3. The normalized spacial score (nSPS) is 10.2. The maximum absolute atomic E-state index is 7.98. The summed E-state index contributed by atoms with van der Waals surface area (Å²) >= 11 is 0. The monoisotopic (exact) mass is 112 g/mol. The van der Waals surface area contributed by atoms with Crippen molar-refractivity contribution in [2.45, 2.75) is 6.92 Å².